The van der Waals surface area contributed by atoms with Crippen molar-refractivity contribution in [3.8, 4) is 0 Å². The minimum atomic E-state index is -0.0665. The number of imidazole rings is 1. The number of nitrogens with zero attached hydrogens (tertiary/aromatic N) is 3. The van der Waals surface area contributed by atoms with E-state index < -0.39 is 0 Å². The highest BCUT2D eigenvalue weighted by atomic mass is 16.1. The van der Waals surface area contributed by atoms with Crippen LogP contribution in [0.25, 0.3) is 11.2 Å². The minimum Gasteiger partial charge on any atom is -0.359 e. The van der Waals surface area contributed by atoms with E-state index in [1.807, 2.05) is 13.8 Å². The Bertz CT molecular complexity index is 580. The molecular weight excluding hydrogens is 258 g/mol. The van der Waals surface area contributed by atoms with Gasteiger partial charge in [-0.1, -0.05) is 6.92 Å². The van der Waals surface area contributed by atoms with Crippen LogP contribution in [0, 0.1) is 0 Å². The normalized spacial score (nSPS) is 10.5. The zero-order chi connectivity index (χ0) is 14.4. The highest BCUT2D eigenvalue weighted by molar-refractivity contribution is 5.87. The third-order valence-electron chi connectivity index (χ3n) is 2.61. The van der Waals surface area contributed by atoms with E-state index in [2.05, 4.69) is 35.9 Å². The molecule has 1 amide bonds. The number of rotatable bonds is 7. The van der Waals surface area contributed by atoms with Crippen LogP contribution in [0.5, 0.6) is 0 Å². The monoisotopic (exact) mass is 277 g/mol. The van der Waals surface area contributed by atoms with Gasteiger partial charge < -0.3 is 20.9 Å². The Morgan fingerprint density at radius 2 is 2.15 bits per heavy atom. The van der Waals surface area contributed by atoms with Gasteiger partial charge in [-0.15, -0.1) is 0 Å². The zero-order valence-electron chi connectivity index (χ0n) is 11.7. The van der Waals surface area contributed by atoms with Gasteiger partial charge in [-0.3, -0.25) is 4.79 Å². The molecule has 2 aromatic rings. The number of hydrogen-bond donors (Lipinski definition) is 4. The number of anilines is 2. The molecule has 4 N–H and O–H groups in total. The van der Waals surface area contributed by atoms with E-state index in [1.165, 1.54) is 0 Å². The number of hydrogen-bond acceptors (Lipinski definition) is 6. The number of aromatic nitrogens is 4. The van der Waals surface area contributed by atoms with Crippen molar-refractivity contribution >= 4 is 28.8 Å². The number of H-pyrrole nitrogens is 1. The van der Waals surface area contributed by atoms with Crippen LogP contribution in [-0.2, 0) is 4.79 Å². The van der Waals surface area contributed by atoms with Crippen LogP contribution >= 0.6 is 0 Å². The average molecular weight is 277 g/mol. The van der Waals surface area contributed by atoms with Crippen LogP contribution in [0.1, 0.15) is 20.3 Å². The Morgan fingerprint density at radius 1 is 1.30 bits per heavy atom. The Balaban J connectivity index is 2.11. The molecule has 2 rings (SSSR count). The van der Waals surface area contributed by atoms with Gasteiger partial charge in [-0.2, -0.15) is 9.97 Å². The fourth-order valence-corrected chi connectivity index (χ4v) is 1.69. The van der Waals surface area contributed by atoms with Crippen molar-refractivity contribution in [3.05, 3.63) is 6.33 Å². The summed E-state index contributed by atoms with van der Waals surface area (Å²) in [5.74, 6) is 0.988. The van der Waals surface area contributed by atoms with E-state index in [0.29, 0.717) is 36.0 Å². The van der Waals surface area contributed by atoms with Crippen molar-refractivity contribution < 1.29 is 4.79 Å². The van der Waals surface area contributed by atoms with Gasteiger partial charge in [0.05, 0.1) is 12.9 Å². The van der Waals surface area contributed by atoms with Crippen molar-refractivity contribution in [3.63, 3.8) is 0 Å². The van der Waals surface area contributed by atoms with E-state index in [9.17, 15) is 4.79 Å². The molecule has 20 heavy (non-hydrogen) atoms. The largest absolute Gasteiger partial charge is 0.359 e. The zero-order valence-corrected chi connectivity index (χ0v) is 11.7. The molecule has 108 valence electrons. The van der Waals surface area contributed by atoms with Gasteiger partial charge in [-0.05, 0) is 13.3 Å². The topological polar surface area (TPSA) is 108 Å². The minimum absolute atomic E-state index is 0.0665. The summed E-state index contributed by atoms with van der Waals surface area (Å²) in [6.07, 6.45) is 2.46. The van der Waals surface area contributed by atoms with Crippen LogP contribution in [0.15, 0.2) is 6.33 Å². The molecule has 0 unspecified atom stereocenters. The molecule has 0 atom stereocenters. The van der Waals surface area contributed by atoms with Gasteiger partial charge in [0.1, 0.15) is 5.52 Å². The van der Waals surface area contributed by atoms with Crippen molar-refractivity contribution in [2.75, 3.05) is 30.3 Å². The first-order valence-corrected chi connectivity index (χ1v) is 6.70. The van der Waals surface area contributed by atoms with Crippen LogP contribution in [0.3, 0.4) is 0 Å². The second-order valence-electron chi connectivity index (χ2n) is 4.23. The molecule has 0 radical (unpaired) electrons. The smallest absolute Gasteiger partial charge is 0.239 e. The Labute approximate surface area is 116 Å². The van der Waals surface area contributed by atoms with Gasteiger partial charge in [0.25, 0.3) is 0 Å². The maximum atomic E-state index is 11.6. The molecule has 8 heteroatoms. The summed E-state index contributed by atoms with van der Waals surface area (Å²) < 4.78 is 0. The molecule has 0 saturated carbocycles. The molecule has 0 fully saturated rings. The van der Waals surface area contributed by atoms with Crippen molar-refractivity contribution in [1.29, 1.82) is 0 Å². The van der Waals surface area contributed by atoms with E-state index in [0.717, 1.165) is 6.42 Å². The number of fused-ring (bicyclic) bond motifs is 1. The molecule has 8 nitrogen and oxygen atoms in total. The van der Waals surface area contributed by atoms with Crippen LogP contribution in [-0.4, -0.2) is 45.5 Å². The predicted molar refractivity (Wildman–Crippen MR) is 77.6 cm³/mol. The molecule has 2 heterocycles. The molecule has 0 aliphatic rings. The second-order valence-corrected chi connectivity index (χ2v) is 4.23. The number of carbonyl (C=O) groups excluding carboxylic acids is 1. The molecule has 0 bridgehead atoms. The van der Waals surface area contributed by atoms with Crippen molar-refractivity contribution in [2.45, 2.75) is 20.3 Å². The molecule has 0 aromatic carbocycles. The highest BCUT2D eigenvalue weighted by Crippen LogP contribution is 2.18. The summed E-state index contributed by atoms with van der Waals surface area (Å²) in [6.45, 7) is 5.52. The quantitative estimate of drug-likeness (QED) is 0.594. The first kappa shape index (κ1) is 14.0. The molecule has 2 aromatic heterocycles. The Kier molecular flexibility index (Phi) is 4.70. The van der Waals surface area contributed by atoms with Crippen molar-refractivity contribution in [2.24, 2.45) is 0 Å². The summed E-state index contributed by atoms with van der Waals surface area (Å²) in [6, 6.07) is 0. The summed E-state index contributed by atoms with van der Waals surface area (Å²) >= 11 is 0. The van der Waals surface area contributed by atoms with E-state index >= 15 is 0 Å². The van der Waals surface area contributed by atoms with Gasteiger partial charge in [0.15, 0.2) is 11.5 Å². The van der Waals surface area contributed by atoms with E-state index in [4.69, 9.17) is 0 Å². The average Bonchev–Trinajstić information content (AvgIpc) is 2.91. The third kappa shape index (κ3) is 3.34. The lowest BCUT2D eigenvalue weighted by Gasteiger charge is -2.09. The van der Waals surface area contributed by atoms with Gasteiger partial charge in [0.2, 0.25) is 11.9 Å². The van der Waals surface area contributed by atoms with Gasteiger partial charge in [-0.25, -0.2) is 4.98 Å². The summed E-state index contributed by atoms with van der Waals surface area (Å²) in [4.78, 5) is 27.3. The summed E-state index contributed by atoms with van der Waals surface area (Å²) in [7, 11) is 0. The van der Waals surface area contributed by atoms with Crippen LogP contribution in [0.2, 0.25) is 0 Å². The van der Waals surface area contributed by atoms with Crippen LogP contribution < -0.4 is 16.0 Å². The lowest BCUT2D eigenvalue weighted by molar-refractivity contribution is -0.119. The Hall–Kier alpha value is -2.38. The second kappa shape index (κ2) is 6.69. The van der Waals surface area contributed by atoms with Gasteiger partial charge >= 0.3 is 0 Å². The first-order chi connectivity index (χ1) is 9.74. The van der Waals surface area contributed by atoms with Crippen LogP contribution in [0.4, 0.5) is 11.8 Å². The number of nitrogens with one attached hydrogen (secondary N) is 4. The molecule has 0 aliphatic carbocycles. The highest BCUT2D eigenvalue weighted by Gasteiger charge is 2.10. The Morgan fingerprint density at radius 3 is 2.90 bits per heavy atom. The standard InChI is InChI=1S/C12H19N7O/c1-3-5-14-8(20)6-15-10-9-11(17-7-16-9)19-12(18-10)13-4-2/h7H,3-6H2,1-2H3,(H,14,20)(H3,13,15,16,17,18,19). The van der Waals surface area contributed by atoms with Crippen molar-refractivity contribution in [1.82, 2.24) is 25.3 Å². The fraction of sp³-hybridized carbons (Fsp3) is 0.500. The third-order valence-corrected chi connectivity index (χ3v) is 2.61. The number of carbonyl (C=O) groups is 1. The SMILES string of the molecule is CCCNC(=O)CNc1nc(NCC)nc2nc[nH]c12. The van der Waals surface area contributed by atoms with E-state index in [1.54, 1.807) is 6.33 Å². The molecule has 0 aliphatic heterocycles. The molecule has 0 spiro atoms. The summed E-state index contributed by atoms with van der Waals surface area (Å²) in [5.41, 5.74) is 1.25. The lowest BCUT2D eigenvalue weighted by Crippen LogP contribution is -2.30. The first-order valence-electron chi connectivity index (χ1n) is 6.70. The lowest BCUT2D eigenvalue weighted by atomic mass is 10.4. The van der Waals surface area contributed by atoms with Gasteiger partial charge in [0, 0.05) is 13.1 Å². The summed E-state index contributed by atoms with van der Waals surface area (Å²) in [5, 5.41) is 8.84. The van der Waals surface area contributed by atoms with E-state index in [-0.39, 0.29) is 12.5 Å². The molecular formula is C12H19N7O. The number of aromatic amines is 1. The number of amides is 1. The predicted octanol–water partition coefficient (Wildman–Crippen LogP) is 0.723. The molecule has 0 saturated heterocycles. The maximum absolute atomic E-state index is 11.6. The fourth-order valence-electron chi connectivity index (χ4n) is 1.69. The maximum Gasteiger partial charge on any atom is 0.239 e.